The van der Waals surface area contributed by atoms with Crippen molar-refractivity contribution in [3.05, 3.63) is 22.4 Å². The molecule has 2 aliphatic heterocycles. The molecule has 0 radical (unpaired) electrons. The monoisotopic (exact) mass is 520 g/mol. The van der Waals surface area contributed by atoms with E-state index in [2.05, 4.69) is 40.9 Å². The maximum Gasteiger partial charge on any atom is 0.225 e. The molecule has 1 N–H and O–H groups in total. The van der Waals surface area contributed by atoms with E-state index in [4.69, 9.17) is 9.73 Å². The number of thiophene rings is 1. The second-order valence-corrected chi connectivity index (χ2v) is 8.13. The molecular weight excluding hydrogens is 487 g/mol. The van der Waals surface area contributed by atoms with Crippen molar-refractivity contribution < 1.29 is 9.53 Å². The molecule has 3 rings (SSSR count). The Labute approximate surface area is 189 Å². The number of ether oxygens (including phenoxy) is 1. The highest BCUT2D eigenvalue weighted by Crippen LogP contribution is 2.21. The van der Waals surface area contributed by atoms with E-state index in [1.807, 2.05) is 4.90 Å². The van der Waals surface area contributed by atoms with Crippen LogP contribution in [-0.4, -0.2) is 74.1 Å². The van der Waals surface area contributed by atoms with Crippen LogP contribution in [0.15, 0.2) is 21.8 Å². The molecule has 1 unspecified atom stereocenters. The number of nitrogens with one attached hydrogen (secondary N) is 1. The molecule has 0 saturated carbocycles. The third-order valence-corrected chi connectivity index (χ3v) is 6.13. The van der Waals surface area contributed by atoms with Crippen molar-refractivity contribution in [2.75, 3.05) is 52.5 Å². The van der Waals surface area contributed by atoms with Gasteiger partial charge in [0.2, 0.25) is 5.91 Å². The molecule has 1 aromatic heterocycles. The van der Waals surface area contributed by atoms with Crippen molar-refractivity contribution in [3.63, 3.8) is 0 Å². The Hall–Kier alpha value is -0.870. The van der Waals surface area contributed by atoms with Gasteiger partial charge in [0.15, 0.2) is 5.96 Å². The second kappa shape index (κ2) is 12.0. The zero-order valence-corrected chi connectivity index (χ0v) is 20.1. The third-order valence-electron chi connectivity index (χ3n) is 5.43. The standard InChI is InChI=1S/C20H32N4O2S.HI/c1-3-21-20(22-14-16(2)18-6-13-27-15-18)24-7-4-17(5-8-24)19(25)23-9-11-26-12-10-23;/h6,13,15-17H,3-5,7-12,14H2,1-2H3,(H,21,22);1H. The summed E-state index contributed by atoms with van der Waals surface area (Å²) in [4.78, 5) is 21.9. The molecule has 0 aliphatic carbocycles. The van der Waals surface area contributed by atoms with Gasteiger partial charge in [0.1, 0.15) is 0 Å². The van der Waals surface area contributed by atoms with E-state index >= 15 is 0 Å². The summed E-state index contributed by atoms with van der Waals surface area (Å²) >= 11 is 1.74. The maximum absolute atomic E-state index is 12.7. The summed E-state index contributed by atoms with van der Waals surface area (Å²) in [5.74, 6) is 1.86. The fourth-order valence-corrected chi connectivity index (χ4v) is 4.47. The van der Waals surface area contributed by atoms with Gasteiger partial charge in [-0.1, -0.05) is 6.92 Å². The van der Waals surface area contributed by atoms with Gasteiger partial charge in [-0.25, -0.2) is 0 Å². The van der Waals surface area contributed by atoms with Gasteiger partial charge in [0.25, 0.3) is 0 Å². The van der Waals surface area contributed by atoms with Crippen molar-refractivity contribution in [3.8, 4) is 0 Å². The summed E-state index contributed by atoms with van der Waals surface area (Å²) in [5, 5.41) is 7.75. The molecule has 1 amide bonds. The van der Waals surface area contributed by atoms with Gasteiger partial charge in [-0.05, 0) is 42.2 Å². The molecular formula is C20H33IN4O2S. The van der Waals surface area contributed by atoms with Crippen LogP contribution in [0.4, 0.5) is 0 Å². The quantitative estimate of drug-likeness (QED) is 0.369. The van der Waals surface area contributed by atoms with Gasteiger partial charge in [-0.3, -0.25) is 9.79 Å². The molecule has 3 heterocycles. The molecule has 0 bridgehead atoms. The van der Waals surface area contributed by atoms with E-state index < -0.39 is 0 Å². The molecule has 6 nitrogen and oxygen atoms in total. The summed E-state index contributed by atoms with van der Waals surface area (Å²) in [6.07, 6.45) is 1.81. The van der Waals surface area contributed by atoms with E-state index in [-0.39, 0.29) is 29.9 Å². The van der Waals surface area contributed by atoms with Crippen LogP contribution >= 0.6 is 35.3 Å². The number of hydrogen-bond donors (Lipinski definition) is 1. The average Bonchev–Trinajstić information content (AvgIpc) is 3.26. The molecule has 2 aliphatic rings. The normalized spacial score (nSPS) is 19.9. The van der Waals surface area contributed by atoms with Crippen LogP contribution in [0.5, 0.6) is 0 Å². The summed E-state index contributed by atoms with van der Waals surface area (Å²) in [7, 11) is 0. The van der Waals surface area contributed by atoms with E-state index in [0.29, 0.717) is 25.0 Å². The number of amides is 1. The fourth-order valence-electron chi connectivity index (χ4n) is 3.69. The highest BCUT2D eigenvalue weighted by atomic mass is 127. The Balaban J connectivity index is 0.00000280. The first-order valence-corrected chi connectivity index (χ1v) is 11.0. The summed E-state index contributed by atoms with van der Waals surface area (Å²) in [6, 6.07) is 2.18. The van der Waals surface area contributed by atoms with Crippen molar-refractivity contribution in [2.24, 2.45) is 10.9 Å². The minimum atomic E-state index is 0. The fraction of sp³-hybridized carbons (Fsp3) is 0.700. The third kappa shape index (κ3) is 6.32. The Bertz CT molecular complexity index is 612. The van der Waals surface area contributed by atoms with Gasteiger partial charge < -0.3 is 19.9 Å². The van der Waals surface area contributed by atoms with E-state index in [9.17, 15) is 4.79 Å². The van der Waals surface area contributed by atoms with Crippen LogP contribution in [0.1, 0.15) is 38.2 Å². The Morgan fingerprint density at radius 2 is 2.00 bits per heavy atom. The van der Waals surface area contributed by atoms with Crippen LogP contribution in [0.25, 0.3) is 0 Å². The minimum absolute atomic E-state index is 0. The largest absolute Gasteiger partial charge is 0.378 e. The number of halogens is 1. The van der Waals surface area contributed by atoms with Crippen molar-refractivity contribution in [1.29, 1.82) is 0 Å². The lowest BCUT2D eigenvalue weighted by molar-refractivity contribution is -0.140. The molecule has 1 atom stereocenters. The maximum atomic E-state index is 12.7. The number of nitrogens with zero attached hydrogens (tertiary/aromatic N) is 3. The van der Waals surface area contributed by atoms with E-state index in [0.717, 1.165) is 58.1 Å². The smallest absolute Gasteiger partial charge is 0.225 e. The molecule has 0 aromatic carbocycles. The number of morpholine rings is 1. The topological polar surface area (TPSA) is 57.2 Å². The lowest BCUT2D eigenvalue weighted by Crippen LogP contribution is -2.50. The first kappa shape index (κ1) is 23.4. The zero-order valence-electron chi connectivity index (χ0n) is 16.9. The van der Waals surface area contributed by atoms with E-state index in [1.165, 1.54) is 5.56 Å². The second-order valence-electron chi connectivity index (χ2n) is 7.35. The van der Waals surface area contributed by atoms with Crippen LogP contribution in [0.2, 0.25) is 0 Å². The number of hydrogen-bond acceptors (Lipinski definition) is 4. The van der Waals surface area contributed by atoms with Crippen molar-refractivity contribution >= 4 is 47.2 Å². The SMILES string of the molecule is CCNC(=NCC(C)c1ccsc1)N1CCC(C(=O)N2CCOCC2)CC1.I. The minimum Gasteiger partial charge on any atom is -0.378 e. The van der Waals surface area contributed by atoms with Crippen LogP contribution < -0.4 is 5.32 Å². The van der Waals surface area contributed by atoms with Crippen LogP contribution in [0.3, 0.4) is 0 Å². The average molecular weight is 520 g/mol. The van der Waals surface area contributed by atoms with Crippen LogP contribution in [-0.2, 0) is 9.53 Å². The number of guanidine groups is 1. The highest BCUT2D eigenvalue weighted by molar-refractivity contribution is 14.0. The summed E-state index contributed by atoms with van der Waals surface area (Å²) < 4.78 is 5.36. The molecule has 158 valence electrons. The number of rotatable bonds is 5. The predicted molar refractivity (Wildman–Crippen MR) is 126 cm³/mol. The van der Waals surface area contributed by atoms with Gasteiger partial charge >= 0.3 is 0 Å². The molecule has 28 heavy (non-hydrogen) atoms. The molecule has 2 saturated heterocycles. The van der Waals surface area contributed by atoms with Crippen molar-refractivity contribution in [1.82, 2.24) is 15.1 Å². The van der Waals surface area contributed by atoms with Crippen LogP contribution in [0, 0.1) is 5.92 Å². The predicted octanol–water partition coefficient (Wildman–Crippen LogP) is 3.01. The molecule has 2 fully saturated rings. The number of likely N-dealkylation sites (tertiary alicyclic amines) is 1. The number of carbonyl (C=O) groups is 1. The Morgan fingerprint density at radius 3 is 2.61 bits per heavy atom. The van der Waals surface area contributed by atoms with Gasteiger partial charge in [-0.15, -0.1) is 24.0 Å². The zero-order chi connectivity index (χ0) is 19.1. The summed E-state index contributed by atoms with van der Waals surface area (Å²) in [6.45, 7) is 10.6. The lowest BCUT2D eigenvalue weighted by Gasteiger charge is -2.36. The molecule has 8 heteroatoms. The first-order valence-electron chi connectivity index (χ1n) is 10.1. The molecule has 0 spiro atoms. The lowest BCUT2D eigenvalue weighted by atomic mass is 9.95. The number of piperidine rings is 1. The van der Waals surface area contributed by atoms with Gasteiger partial charge in [-0.2, -0.15) is 11.3 Å². The first-order chi connectivity index (χ1) is 13.2. The van der Waals surface area contributed by atoms with E-state index in [1.54, 1.807) is 11.3 Å². The Morgan fingerprint density at radius 1 is 1.29 bits per heavy atom. The van der Waals surface area contributed by atoms with Gasteiger partial charge in [0.05, 0.1) is 13.2 Å². The summed E-state index contributed by atoms with van der Waals surface area (Å²) in [5.41, 5.74) is 1.36. The number of aliphatic imine (C=N–C) groups is 1. The van der Waals surface area contributed by atoms with Crippen molar-refractivity contribution in [2.45, 2.75) is 32.6 Å². The molecule has 1 aromatic rings. The Kier molecular flexibility index (Phi) is 10.0. The number of carbonyl (C=O) groups excluding carboxylic acids is 1. The highest BCUT2D eigenvalue weighted by Gasteiger charge is 2.30. The van der Waals surface area contributed by atoms with Gasteiger partial charge in [0, 0.05) is 51.1 Å².